The molecule has 5 heavy (non-hydrogen) atoms. The number of hydrogen-bond acceptors (Lipinski definition) is 0. The first-order valence-corrected chi connectivity index (χ1v) is 0. The molecular formula is Ce4La+15. The van der Waals surface area contributed by atoms with E-state index in [-0.39, 0.29) is 203 Å². The molecule has 0 aliphatic carbocycles. The topological polar surface area (TPSA) is 0 Å². The van der Waals surface area contributed by atoms with Gasteiger partial charge in [-0.05, 0) is 0 Å². The average Bonchev–Trinajstić information content (AvgIpc) is 0. The molecule has 0 N–H and O–H groups in total. The molecule has 0 amide bonds. The Hall–Kier alpha value is 6.70. The van der Waals surface area contributed by atoms with Gasteiger partial charge >= 0.3 is 203 Å². The summed E-state index contributed by atoms with van der Waals surface area (Å²) in [5, 5.41) is 0. The Morgan fingerprint density at radius 3 is 0.400 bits per heavy atom. The van der Waals surface area contributed by atoms with E-state index in [0.717, 1.165) is 0 Å². The van der Waals surface area contributed by atoms with Crippen LogP contribution in [0, 0.1) is 203 Å². The summed E-state index contributed by atoms with van der Waals surface area (Å²) in [5.41, 5.74) is 0. The van der Waals surface area contributed by atoms with Crippen LogP contribution in [0.15, 0.2) is 0 Å². The van der Waals surface area contributed by atoms with Crippen molar-refractivity contribution in [2.24, 2.45) is 0 Å². The van der Waals surface area contributed by atoms with Gasteiger partial charge in [0, 0.05) is 0 Å². The van der Waals surface area contributed by atoms with E-state index >= 15 is 0 Å². The second-order valence-corrected chi connectivity index (χ2v) is 0. The van der Waals surface area contributed by atoms with Gasteiger partial charge in [-0.2, -0.15) is 0 Å². The number of hydrogen-bond donors (Lipinski definition) is 0. The van der Waals surface area contributed by atoms with Gasteiger partial charge < -0.3 is 0 Å². The van der Waals surface area contributed by atoms with Gasteiger partial charge in [0.25, 0.3) is 0 Å². The fourth-order valence-corrected chi connectivity index (χ4v) is 0. The van der Waals surface area contributed by atoms with Gasteiger partial charge in [0.05, 0.1) is 0 Å². The molecule has 0 aromatic heterocycles. The van der Waals surface area contributed by atoms with Gasteiger partial charge in [-0.1, -0.05) is 0 Å². The minimum absolute atomic E-state index is 0. The van der Waals surface area contributed by atoms with E-state index in [0.29, 0.717) is 0 Å². The summed E-state index contributed by atoms with van der Waals surface area (Å²) in [7, 11) is 0. The second-order valence-electron chi connectivity index (χ2n) is 0. The van der Waals surface area contributed by atoms with Crippen molar-refractivity contribution in [2.75, 3.05) is 0 Å². The average molecular weight is 699 g/mol. The molecule has 0 unspecified atom stereocenters. The maximum Gasteiger partial charge on any atom is 3.00 e. The zero-order valence-corrected chi connectivity index (χ0v) is 18.8. The monoisotopic (exact) mass is 699 g/mol. The molecule has 5 heteroatoms. The van der Waals surface area contributed by atoms with E-state index < -0.39 is 0 Å². The summed E-state index contributed by atoms with van der Waals surface area (Å²) < 4.78 is 0. The van der Waals surface area contributed by atoms with Crippen LogP contribution < -0.4 is 0 Å². The molecule has 0 heterocycles. The van der Waals surface area contributed by atoms with E-state index in [1.165, 1.54) is 0 Å². The smallest absolute Gasteiger partial charge is 3.00 e. The second kappa shape index (κ2) is 22.4. The summed E-state index contributed by atoms with van der Waals surface area (Å²) in [6, 6.07) is 0. The van der Waals surface area contributed by atoms with E-state index in [9.17, 15) is 0 Å². The maximum atomic E-state index is 0. The Balaban J connectivity index is 0. The molecule has 4 valence electrons. The Bertz CT molecular complexity index is 3.61. The van der Waals surface area contributed by atoms with E-state index in [1.807, 2.05) is 0 Å². The third kappa shape index (κ3) is 18.0. The minimum Gasteiger partial charge on any atom is 3.00 e. The molecular weight excluding hydrogens is 699 g/mol. The third-order valence-electron chi connectivity index (χ3n) is 0. The fourth-order valence-electron chi connectivity index (χ4n) is 0. The zero-order chi connectivity index (χ0) is 0. The first kappa shape index (κ1) is 29.8. The Kier molecular flexibility index (Phi) is 134. The van der Waals surface area contributed by atoms with E-state index in [1.54, 1.807) is 0 Å². The summed E-state index contributed by atoms with van der Waals surface area (Å²) >= 11 is 0. The van der Waals surface area contributed by atoms with Crippen molar-refractivity contribution in [3.05, 3.63) is 0 Å². The van der Waals surface area contributed by atoms with Crippen molar-refractivity contribution in [1.82, 2.24) is 0 Å². The summed E-state index contributed by atoms with van der Waals surface area (Å²) in [5.74, 6) is 0. The Morgan fingerprint density at radius 1 is 0.400 bits per heavy atom. The SMILES string of the molecule is [Ce+3].[Ce+3].[Ce+3].[Ce+3].[La+3]. The first-order chi connectivity index (χ1) is 0. The van der Waals surface area contributed by atoms with Crippen LogP contribution in [-0.2, 0) is 0 Å². The molecule has 0 aliphatic heterocycles. The van der Waals surface area contributed by atoms with Crippen LogP contribution in [0.4, 0.5) is 0 Å². The molecule has 0 aliphatic rings. The maximum absolute atomic E-state index is 0. The Labute approximate surface area is 195 Å². The van der Waals surface area contributed by atoms with Gasteiger partial charge in [-0.15, -0.1) is 0 Å². The molecule has 0 aromatic carbocycles. The summed E-state index contributed by atoms with van der Waals surface area (Å²) in [6.07, 6.45) is 0. The number of rotatable bonds is 0. The molecule has 0 rings (SSSR count). The quantitative estimate of drug-likeness (QED) is 0.335. The van der Waals surface area contributed by atoms with Crippen molar-refractivity contribution in [3.63, 3.8) is 0 Å². The predicted molar refractivity (Wildman–Crippen MR) is 0 cm³/mol. The summed E-state index contributed by atoms with van der Waals surface area (Å²) in [4.78, 5) is 0. The molecule has 0 nitrogen and oxygen atoms in total. The first-order valence-electron chi connectivity index (χ1n) is 0. The molecule has 0 fully saturated rings. The van der Waals surface area contributed by atoms with Crippen LogP contribution in [0.1, 0.15) is 0 Å². The molecule has 0 spiro atoms. The van der Waals surface area contributed by atoms with Crippen LogP contribution in [0.2, 0.25) is 0 Å². The molecule has 0 bridgehead atoms. The van der Waals surface area contributed by atoms with Crippen molar-refractivity contribution >= 4 is 0 Å². The van der Waals surface area contributed by atoms with E-state index in [2.05, 4.69) is 0 Å². The largest absolute Gasteiger partial charge is 3.00 e. The molecule has 0 saturated heterocycles. The molecule has 0 saturated carbocycles. The van der Waals surface area contributed by atoms with Gasteiger partial charge in [-0.3, -0.25) is 0 Å². The van der Waals surface area contributed by atoms with Crippen LogP contribution >= 0.6 is 0 Å². The minimum atomic E-state index is 0. The molecule has 4 radical (unpaired) electrons. The zero-order valence-electron chi connectivity index (χ0n) is 2.58. The predicted octanol–water partition coefficient (Wildman–Crippen LogP) is 0. The van der Waals surface area contributed by atoms with Crippen molar-refractivity contribution in [2.45, 2.75) is 0 Å². The van der Waals surface area contributed by atoms with Crippen LogP contribution in [0.5, 0.6) is 0 Å². The fraction of sp³-hybridized carbons (Fsp3) is 0. The van der Waals surface area contributed by atoms with Crippen molar-refractivity contribution in [1.29, 1.82) is 0 Å². The van der Waals surface area contributed by atoms with Gasteiger partial charge in [0.15, 0.2) is 0 Å². The normalized spacial score (nSPS) is 0. The molecule has 0 atom stereocenters. The van der Waals surface area contributed by atoms with Crippen LogP contribution in [-0.4, -0.2) is 0 Å². The standard InChI is InChI=1S/4Ce.La/q5*+3. The third-order valence-corrected chi connectivity index (χ3v) is 0. The van der Waals surface area contributed by atoms with Gasteiger partial charge in [-0.25, -0.2) is 0 Å². The molecule has 0 aromatic rings. The van der Waals surface area contributed by atoms with Gasteiger partial charge in [0.1, 0.15) is 0 Å². The summed E-state index contributed by atoms with van der Waals surface area (Å²) in [6.45, 7) is 0. The van der Waals surface area contributed by atoms with Gasteiger partial charge in [0.2, 0.25) is 0 Å². The van der Waals surface area contributed by atoms with Crippen LogP contribution in [0.3, 0.4) is 0 Å². The van der Waals surface area contributed by atoms with Crippen molar-refractivity contribution < 1.29 is 203 Å². The van der Waals surface area contributed by atoms with E-state index in [4.69, 9.17) is 0 Å². The van der Waals surface area contributed by atoms with Crippen LogP contribution in [0.25, 0.3) is 0 Å². The van der Waals surface area contributed by atoms with Crippen molar-refractivity contribution in [3.8, 4) is 0 Å². The Morgan fingerprint density at radius 2 is 0.400 bits per heavy atom.